The fourth-order valence-corrected chi connectivity index (χ4v) is 1.28. The summed E-state index contributed by atoms with van der Waals surface area (Å²) in [6.07, 6.45) is 3.06. The number of rotatable bonds is 4. The van der Waals surface area contributed by atoms with Crippen LogP contribution in [0.25, 0.3) is 0 Å². The van der Waals surface area contributed by atoms with E-state index in [1.807, 2.05) is 11.6 Å². The zero-order chi connectivity index (χ0) is 12.3. The van der Waals surface area contributed by atoms with Crippen molar-refractivity contribution in [2.45, 2.75) is 6.54 Å². The zero-order valence-electron chi connectivity index (χ0n) is 9.29. The number of nitrogens with one attached hydrogen (secondary N) is 1. The van der Waals surface area contributed by atoms with Gasteiger partial charge in [-0.2, -0.15) is 0 Å². The number of nitrogens with zero attached hydrogens (tertiary/aromatic N) is 4. The molecular weight excluding hydrogens is 220 g/mol. The van der Waals surface area contributed by atoms with Crippen molar-refractivity contribution in [2.24, 2.45) is 12.8 Å². The summed E-state index contributed by atoms with van der Waals surface area (Å²) in [4.78, 5) is 14.9. The maximum Gasteiger partial charge on any atom is 0.250 e. The highest BCUT2D eigenvalue weighted by Gasteiger charge is 2.03. The smallest absolute Gasteiger partial charge is 0.250 e. The fraction of sp³-hybridized carbons (Fsp3) is 0.200. The summed E-state index contributed by atoms with van der Waals surface area (Å²) in [5.74, 6) is 0.959. The number of pyridine rings is 1. The third-order valence-corrected chi connectivity index (χ3v) is 2.28. The summed E-state index contributed by atoms with van der Waals surface area (Å²) in [6.45, 7) is 0.513. The van der Waals surface area contributed by atoms with E-state index in [9.17, 15) is 4.79 Å². The van der Waals surface area contributed by atoms with Gasteiger partial charge in [0.15, 0.2) is 5.82 Å². The lowest BCUT2D eigenvalue weighted by Gasteiger charge is -2.04. The van der Waals surface area contributed by atoms with E-state index in [4.69, 9.17) is 5.73 Å². The van der Waals surface area contributed by atoms with E-state index in [1.54, 1.807) is 18.5 Å². The number of nitrogens with two attached hydrogens (primary N) is 1. The summed E-state index contributed by atoms with van der Waals surface area (Å²) in [6, 6.07) is 3.31. The molecule has 88 valence electrons. The van der Waals surface area contributed by atoms with Gasteiger partial charge in [-0.05, 0) is 12.1 Å². The number of hydrogen-bond acceptors (Lipinski definition) is 5. The monoisotopic (exact) mass is 232 g/mol. The first-order valence-electron chi connectivity index (χ1n) is 4.99. The molecule has 2 aromatic rings. The SMILES string of the molecule is Cn1cnnc1CNc1ccc(C(N)=O)cn1. The second-order valence-corrected chi connectivity index (χ2v) is 3.51. The Bertz CT molecular complexity index is 518. The maximum absolute atomic E-state index is 10.8. The molecule has 17 heavy (non-hydrogen) atoms. The molecular formula is C10H12N6O. The predicted octanol–water partition coefficient (Wildman–Crippen LogP) is -0.0789. The summed E-state index contributed by atoms with van der Waals surface area (Å²) < 4.78 is 1.81. The molecule has 7 heteroatoms. The molecule has 2 aromatic heterocycles. The molecule has 0 aromatic carbocycles. The Morgan fingerprint density at radius 3 is 2.88 bits per heavy atom. The van der Waals surface area contributed by atoms with Crippen molar-refractivity contribution >= 4 is 11.7 Å². The summed E-state index contributed by atoms with van der Waals surface area (Å²) in [5.41, 5.74) is 5.50. The highest BCUT2D eigenvalue weighted by Crippen LogP contribution is 2.05. The first kappa shape index (κ1) is 11.1. The zero-order valence-corrected chi connectivity index (χ0v) is 9.29. The molecule has 0 aliphatic heterocycles. The van der Waals surface area contributed by atoms with Gasteiger partial charge in [-0.15, -0.1) is 10.2 Å². The van der Waals surface area contributed by atoms with Gasteiger partial charge in [0.25, 0.3) is 0 Å². The number of primary amides is 1. The van der Waals surface area contributed by atoms with Crippen molar-refractivity contribution in [3.05, 3.63) is 36.0 Å². The van der Waals surface area contributed by atoms with Crippen LogP contribution in [0.1, 0.15) is 16.2 Å². The Morgan fingerprint density at radius 2 is 2.35 bits per heavy atom. The van der Waals surface area contributed by atoms with E-state index >= 15 is 0 Å². The summed E-state index contributed by atoms with van der Waals surface area (Å²) in [7, 11) is 1.86. The molecule has 0 saturated heterocycles. The predicted molar refractivity (Wildman–Crippen MR) is 61.1 cm³/mol. The van der Waals surface area contributed by atoms with Crippen LogP contribution < -0.4 is 11.1 Å². The molecule has 3 N–H and O–H groups in total. The fourth-order valence-electron chi connectivity index (χ4n) is 1.28. The van der Waals surface area contributed by atoms with E-state index in [1.165, 1.54) is 6.20 Å². The highest BCUT2D eigenvalue weighted by atomic mass is 16.1. The van der Waals surface area contributed by atoms with Crippen LogP contribution in [0.4, 0.5) is 5.82 Å². The van der Waals surface area contributed by atoms with Crippen molar-refractivity contribution < 1.29 is 4.79 Å². The van der Waals surface area contributed by atoms with Gasteiger partial charge in [0.1, 0.15) is 12.1 Å². The van der Waals surface area contributed by atoms with Crippen LogP contribution in [-0.2, 0) is 13.6 Å². The van der Waals surface area contributed by atoms with Crippen molar-refractivity contribution in [2.75, 3.05) is 5.32 Å². The Morgan fingerprint density at radius 1 is 1.53 bits per heavy atom. The van der Waals surface area contributed by atoms with Crippen molar-refractivity contribution in [1.82, 2.24) is 19.7 Å². The van der Waals surface area contributed by atoms with Crippen molar-refractivity contribution in [1.29, 1.82) is 0 Å². The normalized spacial score (nSPS) is 10.2. The molecule has 7 nitrogen and oxygen atoms in total. The van der Waals surface area contributed by atoms with Gasteiger partial charge >= 0.3 is 0 Å². The van der Waals surface area contributed by atoms with Crippen LogP contribution >= 0.6 is 0 Å². The molecule has 0 saturated carbocycles. The second-order valence-electron chi connectivity index (χ2n) is 3.51. The van der Waals surface area contributed by atoms with E-state index in [0.717, 1.165) is 5.82 Å². The van der Waals surface area contributed by atoms with Gasteiger partial charge in [0.05, 0.1) is 12.1 Å². The van der Waals surface area contributed by atoms with Crippen LogP contribution in [0, 0.1) is 0 Å². The standard InChI is InChI=1S/C10H12N6O/c1-16-6-14-15-9(16)5-13-8-3-2-7(4-12-8)10(11)17/h2-4,6H,5H2,1H3,(H2,11,17)(H,12,13). The van der Waals surface area contributed by atoms with Crippen LogP contribution in [0.2, 0.25) is 0 Å². The van der Waals surface area contributed by atoms with Gasteiger partial charge in [-0.3, -0.25) is 4.79 Å². The van der Waals surface area contributed by atoms with E-state index in [-0.39, 0.29) is 0 Å². The quantitative estimate of drug-likeness (QED) is 0.768. The largest absolute Gasteiger partial charge is 0.366 e. The number of aryl methyl sites for hydroxylation is 1. The molecule has 0 spiro atoms. The van der Waals surface area contributed by atoms with Gasteiger partial charge in [0, 0.05) is 13.2 Å². The third kappa shape index (κ3) is 2.57. The van der Waals surface area contributed by atoms with Crippen LogP contribution in [-0.4, -0.2) is 25.7 Å². The summed E-state index contributed by atoms with van der Waals surface area (Å²) >= 11 is 0. The maximum atomic E-state index is 10.8. The minimum atomic E-state index is -0.489. The topological polar surface area (TPSA) is 98.7 Å². The minimum Gasteiger partial charge on any atom is -0.366 e. The molecule has 0 fully saturated rings. The van der Waals surface area contributed by atoms with Gasteiger partial charge in [-0.1, -0.05) is 0 Å². The number of carbonyl (C=O) groups is 1. The first-order chi connectivity index (χ1) is 8.16. The lowest BCUT2D eigenvalue weighted by molar-refractivity contribution is 0.1000. The van der Waals surface area contributed by atoms with Crippen molar-refractivity contribution in [3.63, 3.8) is 0 Å². The highest BCUT2D eigenvalue weighted by molar-refractivity contribution is 5.92. The average Bonchev–Trinajstić information content (AvgIpc) is 2.73. The Hall–Kier alpha value is -2.44. The lowest BCUT2D eigenvalue weighted by atomic mass is 10.3. The molecule has 0 unspecified atom stereocenters. The molecule has 0 bridgehead atoms. The molecule has 0 aliphatic rings. The lowest BCUT2D eigenvalue weighted by Crippen LogP contribution is -2.12. The number of aromatic nitrogens is 4. The van der Waals surface area contributed by atoms with E-state index < -0.39 is 5.91 Å². The van der Waals surface area contributed by atoms with E-state index in [0.29, 0.717) is 17.9 Å². The number of amides is 1. The first-order valence-corrected chi connectivity index (χ1v) is 4.99. The molecule has 0 radical (unpaired) electrons. The van der Waals surface area contributed by atoms with Crippen LogP contribution in [0.5, 0.6) is 0 Å². The number of carbonyl (C=O) groups excluding carboxylic acids is 1. The Labute approximate surface area is 97.7 Å². The van der Waals surface area contributed by atoms with Crippen LogP contribution in [0.3, 0.4) is 0 Å². The van der Waals surface area contributed by atoms with Crippen LogP contribution in [0.15, 0.2) is 24.7 Å². The minimum absolute atomic E-state index is 0.384. The molecule has 1 amide bonds. The second kappa shape index (κ2) is 4.60. The number of anilines is 1. The third-order valence-electron chi connectivity index (χ3n) is 2.28. The summed E-state index contributed by atoms with van der Waals surface area (Å²) in [5, 5.41) is 10.8. The molecule has 2 rings (SSSR count). The molecule has 0 aliphatic carbocycles. The van der Waals surface area contributed by atoms with Gasteiger partial charge in [-0.25, -0.2) is 4.98 Å². The average molecular weight is 232 g/mol. The van der Waals surface area contributed by atoms with Gasteiger partial charge in [0.2, 0.25) is 5.91 Å². The Kier molecular flexibility index (Phi) is 2.99. The molecule has 2 heterocycles. The van der Waals surface area contributed by atoms with Crippen molar-refractivity contribution in [3.8, 4) is 0 Å². The Balaban J connectivity index is 2.00. The van der Waals surface area contributed by atoms with Gasteiger partial charge < -0.3 is 15.6 Å². The number of hydrogen-bond donors (Lipinski definition) is 2. The van der Waals surface area contributed by atoms with E-state index in [2.05, 4.69) is 20.5 Å². The molecule has 0 atom stereocenters.